The van der Waals surface area contributed by atoms with E-state index in [-0.39, 0.29) is 4.90 Å². The zero-order valence-electron chi connectivity index (χ0n) is 14.1. The maximum absolute atomic E-state index is 12.7. The van der Waals surface area contributed by atoms with Gasteiger partial charge in [0.15, 0.2) is 0 Å². The monoisotopic (exact) mass is 476 g/mol. The quantitative estimate of drug-likeness (QED) is 0.393. The Balaban J connectivity index is 1.94. The summed E-state index contributed by atoms with van der Waals surface area (Å²) >= 11 is -2.73. The van der Waals surface area contributed by atoms with E-state index in [9.17, 15) is 8.42 Å². The Morgan fingerprint density at radius 1 is 0.808 bits per heavy atom. The molecule has 0 amide bonds. The van der Waals surface area contributed by atoms with E-state index < -0.39 is 30.4 Å². The van der Waals surface area contributed by atoms with Crippen molar-refractivity contribution >= 4 is 30.4 Å². The van der Waals surface area contributed by atoms with E-state index in [1.165, 1.54) is 0 Å². The molecule has 0 spiro atoms. The fourth-order valence-corrected chi connectivity index (χ4v) is 7.76. The Bertz CT molecular complexity index is 1020. The second-order valence-corrected chi connectivity index (χ2v) is 11.2. The van der Waals surface area contributed by atoms with Crippen LogP contribution in [0.25, 0.3) is 0 Å². The van der Waals surface area contributed by atoms with Gasteiger partial charge in [-0.3, -0.25) is 0 Å². The summed E-state index contributed by atoms with van der Waals surface area (Å²) in [6.07, 6.45) is 0. The van der Waals surface area contributed by atoms with Gasteiger partial charge in [0.1, 0.15) is 0 Å². The zero-order chi connectivity index (χ0) is 18.4. The summed E-state index contributed by atoms with van der Waals surface area (Å²) in [6, 6.07) is 25.5. The molecule has 0 aliphatic carbocycles. The van der Waals surface area contributed by atoms with Crippen LogP contribution in [0.3, 0.4) is 0 Å². The van der Waals surface area contributed by atoms with Crippen LogP contribution < -0.4 is 0 Å². The van der Waals surface area contributed by atoms with Crippen LogP contribution in [0.5, 0.6) is 0 Å². The Morgan fingerprint density at radius 3 is 2.00 bits per heavy atom. The van der Waals surface area contributed by atoms with Gasteiger partial charge < -0.3 is 0 Å². The topological polar surface area (TPSA) is 43.4 Å². The summed E-state index contributed by atoms with van der Waals surface area (Å²) in [5, 5.41) is 0. The number of benzene rings is 3. The molecular formula is C21H17IO3S. The van der Waals surface area contributed by atoms with Crippen molar-refractivity contribution < 1.29 is 10.9 Å². The Labute approximate surface area is 162 Å². The van der Waals surface area contributed by atoms with Crippen LogP contribution in [0, 0.1) is 20.3 Å². The van der Waals surface area contributed by atoms with E-state index >= 15 is 0 Å². The molecule has 0 aliphatic heterocycles. The molecule has 0 atom stereocenters. The van der Waals surface area contributed by atoms with Crippen molar-refractivity contribution in [2.75, 3.05) is 0 Å². The third kappa shape index (κ3) is 4.94. The summed E-state index contributed by atoms with van der Waals surface area (Å²) in [7, 11) is -3.86. The Hall–Kier alpha value is -2.14. The molecule has 0 aliphatic rings. The van der Waals surface area contributed by atoms with E-state index in [1.54, 1.807) is 24.3 Å². The van der Waals surface area contributed by atoms with E-state index in [1.807, 2.05) is 67.6 Å². The van der Waals surface area contributed by atoms with Gasteiger partial charge in [0.25, 0.3) is 0 Å². The van der Waals surface area contributed by atoms with Crippen LogP contribution in [0.15, 0.2) is 89.8 Å². The second-order valence-electron chi connectivity index (χ2n) is 5.46. The molecule has 0 bridgehead atoms. The van der Waals surface area contributed by atoms with Crippen LogP contribution in [0.4, 0.5) is 0 Å². The van der Waals surface area contributed by atoms with Crippen LogP contribution in [-0.2, 0) is 12.6 Å². The standard InChI is InChI=1S/C21H17IO3S/c1-18-12-14-21(15-13-18)26(23,24)25-22(20-10-6-3-7-11-20)17-16-19-8-4-2-5-9-19/h2-15H,1H3. The molecule has 0 unspecified atom stereocenters. The van der Waals surface area contributed by atoms with Crippen LogP contribution >= 0.6 is 20.2 Å². The van der Waals surface area contributed by atoms with Crippen molar-refractivity contribution in [2.45, 2.75) is 11.8 Å². The van der Waals surface area contributed by atoms with E-state index in [2.05, 4.69) is 9.85 Å². The van der Waals surface area contributed by atoms with Crippen molar-refractivity contribution in [3.8, 4) is 9.85 Å². The summed E-state index contributed by atoms with van der Waals surface area (Å²) < 4.78 is 34.9. The van der Waals surface area contributed by atoms with Crippen LogP contribution in [0.2, 0.25) is 0 Å². The molecule has 0 heterocycles. The SMILES string of the molecule is Cc1ccc(S(=O)(=O)OI(C#Cc2ccccc2)c2ccccc2)cc1. The van der Waals surface area contributed by atoms with Crippen molar-refractivity contribution in [1.29, 1.82) is 0 Å². The first-order chi connectivity index (χ1) is 12.5. The first-order valence-corrected chi connectivity index (χ1v) is 12.3. The minimum atomic E-state index is -3.86. The average molecular weight is 476 g/mol. The molecular weight excluding hydrogens is 459 g/mol. The average Bonchev–Trinajstić information content (AvgIpc) is 2.67. The number of aryl methyl sites for hydroxylation is 1. The van der Waals surface area contributed by atoms with Gasteiger partial charge in [0.05, 0.1) is 0 Å². The maximum atomic E-state index is 12.7. The number of hydrogen-bond donors (Lipinski definition) is 0. The van der Waals surface area contributed by atoms with Gasteiger partial charge in [0.2, 0.25) is 0 Å². The molecule has 3 aromatic carbocycles. The van der Waals surface area contributed by atoms with Crippen molar-refractivity contribution in [3.05, 3.63) is 99.6 Å². The third-order valence-electron chi connectivity index (χ3n) is 3.44. The van der Waals surface area contributed by atoms with Gasteiger partial charge >= 0.3 is 163 Å². The van der Waals surface area contributed by atoms with Gasteiger partial charge in [-0.05, 0) is 0 Å². The molecule has 0 radical (unpaired) electrons. The third-order valence-corrected chi connectivity index (χ3v) is 9.69. The number of halogens is 1. The molecule has 0 fully saturated rings. The van der Waals surface area contributed by atoms with Crippen molar-refractivity contribution in [2.24, 2.45) is 0 Å². The molecule has 3 rings (SSSR count). The summed E-state index contributed by atoms with van der Waals surface area (Å²) in [4.78, 5) is 0.155. The van der Waals surface area contributed by atoms with Gasteiger partial charge in [-0.25, -0.2) is 0 Å². The molecule has 5 heteroatoms. The van der Waals surface area contributed by atoms with Gasteiger partial charge in [-0.2, -0.15) is 0 Å². The molecule has 26 heavy (non-hydrogen) atoms. The Morgan fingerprint density at radius 2 is 1.38 bits per heavy atom. The predicted molar refractivity (Wildman–Crippen MR) is 112 cm³/mol. The first kappa shape index (κ1) is 18.6. The van der Waals surface area contributed by atoms with Gasteiger partial charge in [-0.1, -0.05) is 0 Å². The van der Waals surface area contributed by atoms with E-state index in [0.717, 1.165) is 14.7 Å². The summed E-state index contributed by atoms with van der Waals surface area (Å²) in [5.74, 6) is 3.06. The van der Waals surface area contributed by atoms with Crippen LogP contribution in [0.1, 0.15) is 11.1 Å². The number of hydrogen-bond acceptors (Lipinski definition) is 3. The van der Waals surface area contributed by atoms with Crippen molar-refractivity contribution in [3.63, 3.8) is 0 Å². The zero-order valence-corrected chi connectivity index (χ0v) is 17.1. The predicted octanol–water partition coefficient (Wildman–Crippen LogP) is 5.00. The van der Waals surface area contributed by atoms with E-state index in [0.29, 0.717) is 0 Å². The van der Waals surface area contributed by atoms with Gasteiger partial charge in [-0.15, -0.1) is 0 Å². The fraction of sp³-hybridized carbons (Fsp3) is 0.0476. The minimum absolute atomic E-state index is 0.155. The molecule has 132 valence electrons. The number of rotatable bonds is 4. The van der Waals surface area contributed by atoms with Crippen molar-refractivity contribution in [1.82, 2.24) is 0 Å². The second kappa shape index (κ2) is 8.49. The molecule has 0 N–H and O–H groups in total. The van der Waals surface area contributed by atoms with Crippen LogP contribution in [-0.4, -0.2) is 8.42 Å². The Kier molecular flexibility index (Phi) is 6.09. The molecule has 0 saturated carbocycles. The molecule has 3 nitrogen and oxygen atoms in total. The fourth-order valence-electron chi connectivity index (χ4n) is 2.08. The van der Waals surface area contributed by atoms with E-state index in [4.69, 9.17) is 2.51 Å². The summed E-state index contributed by atoms with van der Waals surface area (Å²) in [5.41, 5.74) is 1.83. The first-order valence-electron chi connectivity index (χ1n) is 7.88. The summed E-state index contributed by atoms with van der Waals surface area (Å²) in [6.45, 7) is 1.91. The molecule has 0 aromatic heterocycles. The normalized spacial score (nSPS) is 11.3. The van der Waals surface area contributed by atoms with Gasteiger partial charge in [0, 0.05) is 0 Å². The molecule has 3 aromatic rings. The molecule has 0 saturated heterocycles.